The maximum Gasteiger partial charge on any atom is 0.0650 e. The lowest BCUT2D eigenvalue weighted by Crippen LogP contribution is -2.30. The number of benzene rings is 1. The van der Waals surface area contributed by atoms with E-state index >= 15 is 0 Å². The van der Waals surface area contributed by atoms with Crippen molar-refractivity contribution in [2.75, 3.05) is 18.0 Å². The fourth-order valence-electron chi connectivity index (χ4n) is 2.84. The molecule has 0 atom stereocenters. The number of aromatic nitrogens is 1. The first-order chi connectivity index (χ1) is 10.3. The van der Waals surface area contributed by atoms with Gasteiger partial charge < -0.3 is 4.90 Å². The van der Waals surface area contributed by atoms with Crippen LogP contribution in [-0.4, -0.2) is 18.1 Å². The Morgan fingerprint density at radius 2 is 1.73 bits per heavy atom. The van der Waals surface area contributed by atoms with Crippen LogP contribution < -0.4 is 4.90 Å². The highest BCUT2D eigenvalue weighted by Crippen LogP contribution is 2.24. The van der Waals surface area contributed by atoms with Gasteiger partial charge in [0.15, 0.2) is 0 Å². The predicted molar refractivity (Wildman–Crippen MR) is 97.7 cm³/mol. The van der Waals surface area contributed by atoms with Gasteiger partial charge in [-0.1, -0.05) is 36.4 Å². The van der Waals surface area contributed by atoms with Crippen LogP contribution in [0.25, 0.3) is 12.2 Å². The van der Waals surface area contributed by atoms with Crippen molar-refractivity contribution in [2.45, 2.75) is 26.2 Å². The number of halogens is 1. The van der Waals surface area contributed by atoms with E-state index in [1.807, 2.05) is 12.3 Å². The fraction of sp³-hybridized carbons (Fsp3) is 0.316. The molecule has 1 aliphatic rings. The molecule has 1 saturated heterocycles. The van der Waals surface area contributed by atoms with E-state index in [4.69, 9.17) is 0 Å². The highest BCUT2D eigenvalue weighted by Gasteiger charge is 2.13. The number of hydrogen-bond acceptors (Lipinski definition) is 2. The normalized spacial score (nSPS) is 14.9. The van der Waals surface area contributed by atoms with Gasteiger partial charge in [0, 0.05) is 25.0 Å². The summed E-state index contributed by atoms with van der Waals surface area (Å²) < 4.78 is 0. The van der Waals surface area contributed by atoms with Gasteiger partial charge in [0.1, 0.15) is 0 Å². The monoisotopic (exact) mass is 314 g/mol. The van der Waals surface area contributed by atoms with Crippen LogP contribution >= 0.6 is 12.4 Å². The van der Waals surface area contributed by atoms with Crippen molar-refractivity contribution in [1.29, 1.82) is 0 Å². The summed E-state index contributed by atoms with van der Waals surface area (Å²) in [5.41, 5.74) is 4.86. The molecule has 22 heavy (non-hydrogen) atoms. The molecule has 1 aliphatic heterocycles. The van der Waals surface area contributed by atoms with E-state index in [9.17, 15) is 0 Å². The molecule has 0 spiro atoms. The van der Waals surface area contributed by atoms with Gasteiger partial charge in [-0.3, -0.25) is 4.98 Å². The molecule has 2 nitrogen and oxygen atoms in total. The Kier molecular flexibility index (Phi) is 6.02. The van der Waals surface area contributed by atoms with Gasteiger partial charge in [-0.2, -0.15) is 0 Å². The summed E-state index contributed by atoms with van der Waals surface area (Å²) in [5, 5.41) is 0. The first-order valence-corrected chi connectivity index (χ1v) is 7.78. The lowest BCUT2D eigenvalue weighted by Gasteiger charge is -2.30. The van der Waals surface area contributed by atoms with Crippen LogP contribution in [-0.2, 0) is 0 Å². The molecule has 0 N–H and O–H groups in total. The van der Waals surface area contributed by atoms with Crippen molar-refractivity contribution < 1.29 is 0 Å². The Morgan fingerprint density at radius 3 is 2.45 bits per heavy atom. The molecule has 0 saturated carbocycles. The third-order valence-corrected chi connectivity index (χ3v) is 4.04. The summed E-state index contributed by atoms with van der Waals surface area (Å²) in [5.74, 6) is 0. The second-order valence-electron chi connectivity index (χ2n) is 5.69. The number of hydrogen-bond donors (Lipinski definition) is 0. The van der Waals surface area contributed by atoms with Crippen LogP contribution in [0.2, 0.25) is 0 Å². The summed E-state index contributed by atoms with van der Waals surface area (Å²) in [7, 11) is 0. The maximum absolute atomic E-state index is 4.54. The first kappa shape index (κ1) is 16.6. The molecule has 2 heterocycles. The molecule has 116 valence electrons. The average molecular weight is 315 g/mol. The second-order valence-corrected chi connectivity index (χ2v) is 5.69. The van der Waals surface area contributed by atoms with Crippen molar-refractivity contribution in [1.82, 2.24) is 4.98 Å². The Labute approximate surface area is 139 Å². The fourth-order valence-corrected chi connectivity index (χ4v) is 2.84. The van der Waals surface area contributed by atoms with E-state index in [1.165, 1.54) is 49.2 Å². The largest absolute Gasteiger partial charge is 0.371 e. The van der Waals surface area contributed by atoms with Crippen LogP contribution in [0.4, 0.5) is 5.69 Å². The van der Waals surface area contributed by atoms with E-state index in [2.05, 4.69) is 59.3 Å². The highest BCUT2D eigenvalue weighted by atomic mass is 35.5. The summed E-state index contributed by atoms with van der Waals surface area (Å²) in [6.45, 7) is 4.50. The molecule has 1 aromatic heterocycles. The zero-order chi connectivity index (χ0) is 14.5. The molecule has 1 fully saturated rings. The first-order valence-electron chi connectivity index (χ1n) is 7.78. The van der Waals surface area contributed by atoms with Gasteiger partial charge in [0.25, 0.3) is 0 Å². The minimum Gasteiger partial charge on any atom is -0.371 e. The Bertz CT molecular complexity index is 617. The lowest BCUT2D eigenvalue weighted by molar-refractivity contribution is 0.577. The van der Waals surface area contributed by atoms with Crippen molar-refractivity contribution >= 4 is 30.2 Å². The highest BCUT2D eigenvalue weighted by molar-refractivity contribution is 5.85. The second kappa shape index (κ2) is 8.00. The zero-order valence-electron chi connectivity index (χ0n) is 13.0. The number of piperidine rings is 1. The van der Waals surface area contributed by atoms with E-state index in [1.54, 1.807) is 0 Å². The Morgan fingerprint density at radius 1 is 1.00 bits per heavy atom. The van der Waals surface area contributed by atoms with Crippen molar-refractivity contribution in [3.63, 3.8) is 0 Å². The van der Waals surface area contributed by atoms with Gasteiger partial charge in [-0.15, -0.1) is 12.4 Å². The van der Waals surface area contributed by atoms with Gasteiger partial charge in [0.2, 0.25) is 0 Å². The molecule has 0 radical (unpaired) electrons. The lowest BCUT2D eigenvalue weighted by atomic mass is 10.1. The quantitative estimate of drug-likeness (QED) is 0.795. The summed E-state index contributed by atoms with van der Waals surface area (Å²) in [4.78, 5) is 7.04. The zero-order valence-corrected chi connectivity index (χ0v) is 13.9. The van der Waals surface area contributed by atoms with Crippen molar-refractivity contribution in [3.05, 3.63) is 59.4 Å². The van der Waals surface area contributed by atoms with Crippen LogP contribution in [0.1, 0.15) is 36.1 Å². The van der Waals surface area contributed by atoms with Gasteiger partial charge in [-0.05, 0) is 49.5 Å². The number of pyridine rings is 1. The number of rotatable bonds is 3. The van der Waals surface area contributed by atoms with Gasteiger partial charge in [-0.25, -0.2) is 0 Å². The third-order valence-electron chi connectivity index (χ3n) is 4.04. The minimum absolute atomic E-state index is 0. The topological polar surface area (TPSA) is 16.1 Å². The minimum atomic E-state index is 0. The van der Waals surface area contributed by atoms with E-state index in [0.717, 1.165) is 5.69 Å². The standard InChI is InChI=1S/C19H22N2.ClH/c1-16-15-20-18(11-10-17-8-4-2-5-9-17)14-19(16)21-12-6-3-7-13-21;/h2,4-5,8-11,14-15H,3,6-7,12-13H2,1H3;1H/b11-10+;. The summed E-state index contributed by atoms with van der Waals surface area (Å²) >= 11 is 0. The van der Waals surface area contributed by atoms with Gasteiger partial charge >= 0.3 is 0 Å². The van der Waals surface area contributed by atoms with E-state index in [0.29, 0.717) is 0 Å². The van der Waals surface area contributed by atoms with Gasteiger partial charge in [0.05, 0.1) is 5.69 Å². The van der Waals surface area contributed by atoms with Crippen molar-refractivity contribution in [3.8, 4) is 0 Å². The number of anilines is 1. The van der Waals surface area contributed by atoms with E-state index in [-0.39, 0.29) is 12.4 Å². The summed E-state index contributed by atoms with van der Waals surface area (Å²) in [6, 6.07) is 12.6. The third kappa shape index (κ3) is 4.11. The molecule has 0 bridgehead atoms. The summed E-state index contributed by atoms with van der Waals surface area (Å²) in [6.07, 6.45) is 10.2. The molecule has 1 aromatic carbocycles. The Hall–Kier alpha value is -1.80. The van der Waals surface area contributed by atoms with Crippen LogP contribution in [0.3, 0.4) is 0 Å². The number of nitrogens with zero attached hydrogens (tertiary/aromatic N) is 2. The maximum atomic E-state index is 4.54. The Balaban J connectivity index is 0.00000176. The molecular weight excluding hydrogens is 292 g/mol. The molecular formula is C19H23ClN2. The predicted octanol–water partition coefficient (Wildman–Crippen LogP) is 4.97. The molecule has 2 aromatic rings. The average Bonchev–Trinajstić information content (AvgIpc) is 2.56. The molecule has 0 unspecified atom stereocenters. The van der Waals surface area contributed by atoms with E-state index < -0.39 is 0 Å². The molecule has 3 rings (SSSR count). The van der Waals surface area contributed by atoms with Crippen LogP contribution in [0.5, 0.6) is 0 Å². The smallest absolute Gasteiger partial charge is 0.0650 e. The van der Waals surface area contributed by atoms with Crippen LogP contribution in [0, 0.1) is 6.92 Å². The molecule has 0 amide bonds. The molecule has 0 aliphatic carbocycles. The van der Waals surface area contributed by atoms with Crippen LogP contribution in [0.15, 0.2) is 42.6 Å². The van der Waals surface area contributed by atoms with Crippen molar-refractivity contribution in [2.24, 2.45) is 0 Å². The number of aryl methyl sites for hydroxylation is 1. The molecule has 3 heteroatoms. The SMILES string of the molecule is Cc1cnc(/C=C/c2ccccc2)cc1N1CCCCC1.Cl.